The highest BCUT2D eigenvalue weighted by molar-refractivity contribution is 7.22. The molecule has 1 aliphatic rings. The molecule has 178 valence electrons. The number of para-hydroxylation sites is 2. The number of halogens is 1. The summed E-state index contributed by atoms with van der Waals surface area (Å²) < 4.78 is 13.0. The van der Waals surface area contributed by atoms with Crippen LogP contribution in [0.3, 0.4) is 0 Å². The highest BCUT2D eigenvalue weighted by Crippen LogP contribution is 2.33. The van der Waals surface area contributed by atoms with Crippen LogP contribution >= 0.6 is 22.9 Å². The molecular weight excluding hydrogens is 476 g/mol. The number of hydrogen-bond donors (Lipinski definition) is 0. The number of rotatable bonds is 7. The molecule has 0 spiro atoms. The lowest BCUT2D eigenvalue weighted by atomic mass is 10.2. The molecule has 2 aromatic heterocycles. The summed E-state index contributed by atoms with van der Waals surface area (Å²) in [6.45, 7) is 6.44. The van der Waals surface area contributed by atoms with Gasteiger partial charge >= 0.3 is 5.76 Å². The third-order valence-corrected chi connectivity index (χ3v) is 7.24. The minimum absolute atomic E-state index is 0.122. The van der Waals surface area contributed by atoms with Crippen LogP contribution in [-0.4, -0.2) is 59.8 Å². The zero-order valence-corrected chi connectivity index (χ0v) is 20.4. The predicted octanol–water partition coefficient (Wildman–Crippen LogP) is 3.92. The number of carbonyl (C=O) groups excluding carboxylic acids is 1. The molecule has 0 N–H and O–H groups in total. The number of anilines is 1. The zero-order valence-electron chi connectivity index (χ0n) is 18.8. The van der Waals surface area contributed by atoms with Crippen molar-refractivity contribution < 1.29 is 13.9 Å². The third-order valence-electron chi connectivity index (χ3n) is 6.00. The van der Waals surface area contributed by atoms with Crippen molar-refractivity contribution in [1.29, 1.82) is 0 Å². The Hall–Kier alpha value is -2.72. The molecule has 4 aromatic rings. The Bertz CT molecular complexity index is 1390. The van der Waals surface area contributed by atoms with Gasteiger partial charge in [0, 0.05) is 31.2 Å². The average molecular weight is 501 g/mol. The number of morpholine rings is 1. The summed E-state index contributed by atoms with van der Waals surface area (Å²) in [5, 5.41) is 1.25. The lowest BCUT2D eigenvalue weighted by Gasteiger charge is -2.27. The average Bonchev–Trinajstić information content (AvgIpc) is 3.38. The van der Waals surface area contributed by atoms with E-state index in [1.54, 1.807) is 23.1 Å². The lowest BCUT2D eigenvalue weighted by Crippen LogP contribution is -2.40. The maximum Gasteiger partial charge on any atom is 0.420 e. The summed E-state index contributed by atoms with van der Waals surface area (Å²) in [4.78, 5) is 34.8. The fourth-order valence-corrected chi connectivity index (χ4v) is 5.71. The van der Waals surface area contributed by atoms with Crippen molar-refractivity contribution in [1.82, 2.24) is 14.5 Å². The first-order chi connectivity index (χ1) is 16.5. The molecule has 1 fully saturated rings. The van der Waals surface area contributed by atoms with Crippen LogP contribution in [0.15, 0.2) is 45.6 Å². The normalized spacial score (nSPS) is 14.8. The van der Waals surface area contributed by atoms with E-state index in [0.29, 0.717) is 27.8 Å². The van der Waals surface area contributed by atoms with Gasteiger partial charge in [-0.05, 0) is 43.2 Å². The number of ether oxygens (including phenoxy) is 1. The van der Waals surface area contributed by atoms with Crippen LogP contribution in [-0.2, 0) is 16.1 Å². The van der Waals surface area contributed by atoms with Crippen molar-refractivity contribution in [3.63, 3.8) is 0 Å². The zero-order chi connectivity index (χ0) is 23.7. The number of nitrogens with zero attached hydrogens (tertiary/aromatic N) is 4. The summed E-state index contributed by atoms with van der Waals surface area (Å²) in [5.41, 5.74) is 2.86. The molecule has 8 nitrogen and oxygen atoms in total. The first-order valence-electron chi connectivity index (χ1n) is 11.2. The molecule has 34 heavy (non-hydrogen) atoms. The number of hydrogen-bond acceptors (Lipinski definition) is 7. The van der Waals surface area contributed by atoms with Gasteiger partial charge in [-0.1, -0.05) is 35.1 Å². The van der Waals surface area contributed by atoms with Gasteiger partial charge < -0.3 is 9.15 Å². The molecule has 1 aliphatic heterocycles. The van der Waals surface area contributed by atoms with E-state index in [2.05, 4.69) is 4.90 Å². The van der Waals surface area contributed by atoms with Crippen molar-refractivity contribution in [3.8, 4) is 0 Å². The molecule has 0 radical (unpaired) electrons. The molecule has 0 atom stereocenters. The maximum absolute atomic E-state index is 13.5. The van der Waals surface area contributed by atoms with Crippen LogP contribution in [0.5, 0.6) is 0 Å². The minimum Gasteiger partial charge on any atom is -0.408 e. The molecular formula is C24H25ClN4O4S. The van der Waals surface area contributed by atoms with E-state index >= 15 is 0 Å². The Balaban J connectivity index is 1.43. The second-order valence-corrected chi connectivity index (χ2v) is 9.79. The van der Waals surface area contributed by atoms with E-state index in [1.807, 2.05) is 25.1 Å². The van der Waals surface area contributed by atoms with Crippen LogP contribution in [0.1, 0.15) is 12.0 Å². The Morgan fingerprint density at radius 1 is 1.24 bits per heavy atom. The van der Waals surface area contributed by atoms with E-state index in [-0.39, 0.29) is 12.5 Å². The van der Waals surface area contributed by atoms with Crippen LogP contribution < -0.4 is 10.7 Å². The Labute approximate surface area is 205 Å². The first-order valence-corrected chi connectivity index (χ1v) is 12.4. The topological polar surface area (TPSA) is 80.8 Å². The monoisotopic (exact) mass is 500 g/mol. The van der Waals surface area contributed by atoms with Crippen LogP contribution in [0, 0.1) is 6.92 Å². The molecule has 1 saturated heterocycles. The second kappa shape index (κ2) is 9.87. The van der Waals surface area contributed by atoms with Crippen molar-refractivity contribution in [2.45, 2.75) is 19.9 Å². The van der Waals surface area contributed by atoms with E-state index in [4.69, 9.17) is 25.7 Å². The summed E-state index contributed by atoms with van der Waals surface area (Å²) in [6, 6.07) is 10.9. The molecule has 0 unspecified atom stereocenters. The smallest absolute Gasteiger partial charge is 0.408 e. The predicted molar refractivity (Wildman–Crippen MR) is 134 cm³/mol. The van der Waals surface area contributed by atoms with Gasteiger partial charge in [-0.2, -0.15) is 0 Å². The number of thiazole rings is 1. The maximum atomic E-state index is 13.5. The van der Waals surface area contributed by atoms with Gasteiger partial charge in [0.15, 0.2) is 10.7 Å². The number of amides is 1. The Morgan fingerprint density at radius 2 is 2.03 bits per heavy atom. The SMILES string of the molecule is Cc1cc(Cl)cc2sc(N(CCCN3CCOCC3)C(=O)Cn3c(=O)oc4ccccc43)nc12. The second-order valence-electron chi connectivity index (χ2n) is 8.34. The summed E-state index contributed by atoms with van der Waals surface area (Å²) in [6.07, 6.45) is 0.780. The standard InChI is InChI=1S/C24H25ClN4O4S/c1-16-13-17(25)14-20-22(16)26-23(34-20)28(8-4-7-27-9-11-32-12-10-27)21(30)15-29-18-5-2-3-6-19(18)33-24(29)31/h2-3,5-6,13-14H,4,7-12,15H2,1H3. The molecule has 1 amide bonds. The van der Waals surface area contributed by atoms with Gasteiger partial charge in [-0.25, -0.2) is 9.78 Å². The molecule has 0 saturated carbocycles. The molecule has 10 heteroatoms. The first kappa shape index (κ1) is 23.0. The Morgan fingerprint density at radius 3 is 2.85 bits per heavy atom. The van der Waals surface area contributed by atoms with Crippen molar-refractivity contribution in [3.05, 3.63) is 57.5 Å². The van der Waals surface area contributed by atoms with E-state index < -0.39 is 5.76 Å². The fraction of sp³-hybridized carbons (Fsp3) is 0.375. The largest absolute Gasteiger partial charge is 0.420 e. The Kier molecular flexibility index (Phi) is 6.69. The van der Waals surface area contributed by atoms with Crippen molar-refractivity contribution >= 4 is 55.3 Å². The quantitative estimate of drug-likeness (QED) is 0.382. The van der Waals surface area contributed by atoms with Gasteiger partial charge in [0.2, 0.25) is 5.91 Å². The number of fused-ring (bicyclic) bond motifs is 2. The van der Waals surface area contributed by atoms with Gasteiger partial charge in [0.05, 0.1) is 28.9 Å². The molecule has 0 bridgehead atoms. The molecule has 0 aliphatic carbocycles. The lowest BCUT2D eigenvalue weighted by molar-refractivity contribution is -0.119. The molecule has 3 heterocycles. The van der Waals surface area contributed by atoms with E-state index in [1.165, 1.54) is 15.9 Å². The number of benzene rings is 2. The van der Waals surface area contributed by atoms with E-state index in [9.17, 15) is 9.59 Å². The van der Waals surface area contributed by atoms with Gasteiger partial charge in [0.1, 0.15) is 6.54 Å². The number of oxazole rings is 1. The number of carbonyl (C=O) groups is 1. The highest BCUT2D eigenvalue weighted by atomic mass is 35.5. The molecule has 5 rings (SSSR count). The van der Waals surface area contributed by atoms with Crippen LogP contribution in [0.25, 0.3) is 21.3 Å². The summed E-state index contributed by atoms with van der Waals surface area (Å²) >= 11 is 7.68. The van der Waals surface area contributed by atoms with Gasteiger partial charge in [-0.3, -0.25) is 19.2 Å². The van der Waals surface area contributed by atoms with Crippen molar-refractivity contribution in [2.24, 2.45) is 0 Å². The van der Waals surface area contributed by atoms with E-state index in [0.717, 1.165) is 55.0 Å². The fourth-order valence-electron chi connectivity index (χ4n) is 4.25. The number of aromatic nitrogens is 2. The number of aryl methyl sites for hydroxylation is 1. The van der Waals surface area contributed by atoms with Gasteiger partial charge in [-0.15, -0.1) is 0 Å². The van der Waals surface area contributed by atoms with Gasteiger partial charge in [0.25, 0.3) is 0 Å². The minimum atomic E-state index is -0.547. The third kappa shape index (κ3) is 4.74. The molecule has 2 aromatic carbocycles. The van der Waals surface area contributed by atoms with Crippen LogP contribution in [0.2, 0.25) is 5.02 Å². The highest BCUT2D eigenvalue weighted by Gasteiger charge is 2.23. The summed E-state index contributed by atoms with van der Waals surface area (Å²) in [5.74, 6) is -0.756. The summed E-state index contributed by atoms with van der Waals surface area (Å²) in [7, 11) is 0. The van der Waals surface area contributed by atoms with Crippen LogP contribution in [0.4, 0.5) is 5.13 Å². The van der Waals surface area contributed by atoms with Crippen molar-refractivity contribution in [2.75, 3.05) is 44.3 Å².